The summed E-state index contributed by atoms with van der Waals surface area (Å²) in [6.45, 7) is 7.96. The van der Waals surface area contributed by atoms with Crippen molar-refractivity contribution < 1.29 is 14.3 Å². The van der Waals surface area contributed by atoms with Gasteiger partial charge >= 0.3 is 0 Å². The van der Waals surface area contributed by atoms with E-state index in [0.717, 1.165) is 22.4 Å². The first kappa shape index (κ1) is 21.5. The number of nitrogens with zero attached hydrogens (tertiary/aromatic N) is 1. The van der Waals surface area contributed by atoms with E-state index >= 15 is 0 Å². The fourth-order valence-corrected chi connectivity index (χ4v) is 3.01. The molecule has 150 valence electrons. The topological polar surface area (TPSA) is 58.6 Å². The van der Waals surface area contributed by atoms with Crippen LogP contribution in [0.4, 0.5) is 0 Å². The highest BCUT2D eigenvalue weighted by atomic mass is 16.5. The average molecular weight is 383 g/mol. The number of hydrogen-bond acceptors (Lipinski definition) is 3. The minimum atomic E-state index is -0.568. The Balaban J connectivity index is 2.22. The van der Waals surface area contributed by atoms with Gasteiger partial charge in [0.05, 0.1) is 13.5 Å². The van der Waals surface area contributed by atoms with Crippen LogP contribution in [0.3, 0.4) is 0 Å². The molecule has 5 nitrogen and oxygen atoms in total. The lowest BCUT2D eigenvalue weighted by Crippen LogP contribution is -2.49. The zero-order valence-electron chi connectivity index (χ0n) is 17.4. The van der Waals surface area contributed by atoms with Crippen molar-refractivity contribution in [2.75, 3.05) is 7.11 Å². The number of carbonyl (C=O) groups is 2. The molecule has 0 aromatic heterocycles. The van der Waals surface area contributed by atoms with Gasteiger partial charge < -0.3 is 15.0 Å². The van der Waals surface area contributed by atoms with Gasteiger partial charge in [0, 0.05) is 12.6 Å². The van der Waals surface area contributed by atoms with E-state index in [1.807, 2.05) is 69.3 Å². The third-order valence-electron chi connectivity index (χ3n) is 4.55. The monoisotopic (exact) mass is 382 g/mol. The number of ether oxygens (including phenoxy) is 1. The van der Waals surface area contributed by atoms with E-state index in [1.54, 1.807) is 18.9 Å². The Hall–Kier alpha value is -2.82. The van der Waals surface area contributed by atoms with Crippen LogP contribution in [0.1, 0.15) is 37.5 Å². The van der Waals surface area contributed by atoms with E-state index in [0.29, 0.717) is 6.54 Å². The molecule has 0 unspecified atom stereocenters. The highest BCUT2D eigenvalue weighted by Gasteiger charge is 2.26. The van der Waals surface area contributed by atoms with Crippen molar-refractivity contribution in [1.29, 1.82) is 0 Å². The van der Waals surface area contributed by atoms with Crippen LogP contribution in [-0.4, -0.2) is 35.9 Å². The van der Waals surface area contributed by atoms with Gasteiger partial charge in [0.2, 0.25) is 11.8 Å². The van der Waals surface area contributed by atoms with E-state index in [4.69, 9.17) is 4.74 Å². The summed E-state index contributed by atoms with van der Waals surface area (Å²) in [4.78, 5) is 27.3. The molecular weight excluding hydrogens is 352 g/mol. The Morgan fingerprint density at radius 1 is 1.04 bits per heavy atom. The quantitative estimate of drug-likeness (QED) is 0.760. The Kier molecular flexibility index (Phi) is 7.61. The summed E-state index contributed by atoms with van der Waals surface area (Å²) in [6.07, 6.45) is 0.261. The lowest BCUT2D eigenvalue weighted by atomic mass is 10.1. The van der Waals surface area contributed by atoms with Crippen molar-refractivity contribution in [3.05, 3.63) is 65.2 Å². The van der Waals surface area contributed by atoms with Crippen molar-refractivity contribution in [3.63, 3.8) is 0 Å². The van der Waals surface area contributed by atoms with Crippen LogP contribution in [0.25, 0.3) is 0 Å². The summed E-state index contributed by atoms with van der Waals surface area (Å²) in [6, 6.07) is 14.9. The molecule has 1 atom stereocenters. The van der Waals surface area contributed by atoms with Crippen molar-refractivity contribution in [3.8, 4) is 5.75 Å². The molecule has 0 aliphatic carbocycles. The molecule has 2 aromatic rings. The maximum Gasteiger partial charge on any atom is 0.242 e. The molecule has 2 amide bonds. The third kappa shape index (κ3) is 6.12. The molecular formula is C23H30N2O3. The summed E-state index contributed by atoms with van der Waals surface area (Å²) in [7, 11) is 1.62. The van der Waals surface area contributed by atoms with E-state index in [9.17, 15) is 9.59 Å². The number of rotatable bonds is 8. The molecule has 0 heterocycles. The van der Waals surface area contributed by atoms with Gasteiger partial charge in [-0.25, -0.2) is 0 Å². The van der Waals surface area contributed by atoms with Crippen LogP contribution < -0.4 is 10.1 Å². The van der Waals surface area contributed by atoms with Crippen LogP contribution in [0.2, 0.25) is 0 Å². The van der Waals surface area contributed by atoms with E-state index < -0.39 is 6.04 Å². The molecule has 0 radical (unpaired) electrons. The molecule has 0 aliphatic rings. The maximum absolute atomic E-state index is 13.1. The van der Waals surface area contributed by atoms with E-state index in [1.165, 1.54) is 0 Å². The first-order chi connectivity index (χ1) is 13.3. The minimum Gasteiger partial charge on any atom is -0.497 e. The average Bonchev–Trinajstić information content (AvgIpc) is 2.65. The normalized spacial score (nSPS) is 11.8. The molecule has 0 saturated heterocycles. The van der Waals surface area contributed by atoms with Gasteiger partial charge in [-0.3, -0.25) is 9.59 Å². The third-order valence-corrected chi connectivity index (χ3v) is 4.55. The summed E-state index contributed by atoms with van der Waals surface area (Å²) < 4.78 is 5.20. The number of benzene rings is 2. The number of carbonyl (C=O) groups excluding carboxylic acids is 2. The van der Waals surface area contributed by atoms with Crippen LogP contribution in [0.5, 0.6) is 5.75 Å². The summed E-state index contributed by atoms with van der Waals surface area (Å²) in [5, 5.41) is 2.90. The Morgan fingerprint density at radius 2 is 1.71 bits per heavy atom. The van der Waals surface area contributed by atoms with Crippen LogP contribution in [-0.2, 0) is 22.6 Å². The van der Waals surface area contributed by atoms with Crippen molar-refractivity contribution >= 4 is 11.8 Å². The molecule has 0 fully saturated rings. The standard InChI is InChI=1S/C23H30N2O3/c1-16(2)24-23(27)18(4)25(15-19-9-11-21(28-5)12-10-19)22(26)14-20-8-6-7-17(3)13-20/h6-13,16,18H,14-15H2,1-5H3,(H,24,27)/t18-/m0/s1. The SMILES string of the molecule is COc1ccc(CN(C(=O)Cc2cccc(C)c2)[C@@H](C)C(=O)NC(C)C)cc1. The lowest BCUT2D eigenvalue weighted by molar-refractivity contribution is -0.140. The van der Waals surface area contributed by atoms with Crippen LogP contribution in [0.15, 0.2) is 48.5 Å². The molecule has 28 heavy (non-hydrogen) atoms. The number of methoxy groups -OCH3 is 1. The minimum absolute atomic E-state index is 0.0182. The molecule has 1 N–H and O–H groups in total. The fraction of sp³-hybridized carbons (Fsp3) is 0.391. The first-order valence-corrected chi connectivity index (χ1v) is 9.58. The lowest BCUT2D eigenvalue weighted by Gasteiger charge is -2.29. The second-order valence-electron chi connectivity index (χ2n) is 7.37. The number of aryl methyl sites for hydroxylation is 1. The second kappa shape index (κ2) is 9.93. The largest absolute Gasteiger partial charge is 0.497 e. The number of amides is 2. The van der Waals surface area contributed by atoms with Crippen molar-refractivity contribution in [1.82, 2.24) is 10.2 Å². The molecule has 0 saturated carbocycles. The molecule has 2 rings (SSSR count). The van der Waals surface area contributed by atoms with Gasteiger partial charge in [-0.05, 0) is 51.0 Å². The molecule has 0 spiro atoms. The number of hydrogen-bond donors (Lipinski definition) is 1. The molecule has 0 aliphatic heterocycles. The van der Waals surface area contributed by atoms with Gasteiger partial charge in [0.25, 0.3) is 0 Å². The van der Waals surface area contributed by atoms with Crippen molar-refractivity contribution in [2.45, 2.75) is 52.7 Å². The highest BCUT2D eigenvalue weighted by Crippen LogP contribution is 2.16. The van der Waals surface area contributed by atoms with Crippen LogP contribution >= 0.6 is 0 Å². The van der Waals surface area contributed by atoms with Gasteiger partial charge in [0.15, 0.2) is 0 Å². The highest BCUT2D eigenvalue weighted by molar-refractivity contribution is 5.88. The van der Waals surface area contributed by atoms with Gasteiger partial charge in [-0.1, -0.05) is 42.0 Å². The molecule has 2 aromatic carbocycles. The van der Waals surface area contributed by atoms with E-state index in [2.05, 4.69) is 5.32 Å². The summed E-state index contributed by atoms with van der Waals surface area (Å²) in [5.74, 6) is 0.529. The smallest absolute Gasteiger partial charge is 0.242 e. The van der Waals surface area contributed by atoms with Gasteiger partial charge in [0.1, 0.15) is 11.8 Å². The van der Waals surface area contributed by atoms with Gasteiger partial charge in [-0.15, -0.1) is 0 Å². The summed E-state index contributed by atoms with van der Waals surface area (Å²) in [5.41, 5.74) is 3.00. The molecule has 0 bridgehead atoms. The fourth-order valence-electron chi connectivity index (χ4n) is 3.01. The van der Waals surface area contributed by atoms with Crippen LogP contribution in [0, 0.1) is 6.92 Å². The zero-order chi connectivity index (χ0) is 20.7. The second-order valence-corrected chi connectivity index (χ2v) is 7.37. The van der Waals surface area contributed by atoms with Gasteiger partial charge in [-0.2, -0.15) is 0 Å². The zero-order valence-corrected chi connectivity index (χ0v) is 17.4. The Morgan fingerprint density at radius 3 is 2.29 bits per heavy atom. The molecule has 5 heteroatoms. The predicted octanol–water partition coefficient (Wildman–Crippen LogP) is 3.49. The van der Waals surface area contributed by atoms with Crippen molar-refractivity contribution in [2.24, 2.45) is 0 Å². The Labute approximate surface area is 167 Å². The van der Waals surface area contributed by atoms with E-state index in [-0.39, 0.29) is 24.3 Å². The number of nitrogens with one attached hydrogen (secondary N) is 1. The predicted molar refractivity (Wildman–Crippen MR) is 111 cm³/mol. The summed E-state index contributed by atoms with van der Waals surface area (Å²) >= 11 is 0. The Bertz CT molecular complexity index is 800. The first-order valence-electron chi connectivity index (χ1n) is 9.58. The maximum atomic E-state index is 13.1.